The summed E-state index contributed by atoms with van der Waals surface area (Å²) < 4.78 is 42.4. The summed E-state index contributed by atoms with van der Waals surface area (Å²) in [7, 11) is 1.36. The van der Waals surface area contributed by atoms with Crippen molar-refractivity contribution in [3.8, 4) is 41.2 Å². The van der Waals surface area contributed by atoms with Crippen LogP contribution in [-0.4, -0.2) is 57.3 Å². The summed E-state index contributed by atoms with van der Waals surface area (Å²) in [6.45, 7) is 4.63. The Kier molecular flexibility index (Phi) is 5.92. The molecule has 0 saturated carbocycles. The highest BCUT2D eigenvalue weighted by atomic mass is 19.1. The smallest absolute Gasteiger partial charge is 0.319 e. The lowest BCUT2D eigenvalue weighted by molar-refractivity contribution is 0.108. The average molecular weight is 532 g/mol. The standard InChI is InChI=1S/C29H27F2N5O3/c1-4-18-20(30)7-6-16-10-17(37)11-19(21(16)18)24-23(31)25-22(27(33-24)38-3)26(32)35-28(34-25)39-14-29-8-5-9-36(29)13-15(2)12-29/h1,6-7,10-11,15,37H,5,8-9,12-14H2,2-3H3,(H2,32,34,35)/t15-,29+/m1/s1. The monoisotopic (exact) mass is 531 g/mol. The fraction of sp³-hybridized carbons (Fsp3) is 0.345. The van der Waals surface area contributed by atoms with Crippen LogP contribution in [0.1, 0.15) is 31.7 Å². The molecule has 8 nitrogen and oxygen atoms in total. The SMILES string of the molecule is C#Cc1c(F)ccc2cc(O)cc(-c3nc(OC)c4c(N)nc(OC[C@@]56CCCN5C[C@H](C)C6)nc4c3F)c12. The molecule has 3 N–H and O–H groups in total. The van der Waals surface area contributed by atoms with Crippen LogP contribution in [0.4, 0.5) is 14.6 Å². The minimum absolute atomic E-state index is 0.0363. The van der Waals surface area contributed by atoms with Gasteiger partial charge in [0.25, 0.3) is 0 Å². The highest BCUT2D eigenvalue weighted by molar-refractivity contribution is 6.03. The molecule has 0 radical (unpaired) electrons. The van der Waals surface area contributed by atoms with Gasteiger partial charge in [-0.05, 0) is 55.3 Å². The number of aromatic hydroxyl groups is 1. The molecule has 10 heteroatoms. The minimum Gasteiger partial charge on any atom is -0.508 e. The molecule has 2 aliphatic heterocycles. The van der Waals surface area contributed by atoms with Gasteiger partial charge in [0.1, 0.15) is 40.6 Å². The Labute approximate surface area is 223 Å². The van der Waals surface area contributed by atoms with E-state index in [1.54, 1.807) is 0 Å². The fourth-order valence-electron chi connectivity index (χ4n) is 6.31. The van der Waals surface area contributed by atoms with Crippen molar-refractivity contribution < 1.29 is 23.4 Å². The van der Waals surface area contributed by atoms with Gasteiger partial charge in [-0.2, -0.15) is 9.97 Å². The van der Waals surface area contributed by atoms with Crippen LogP contribution in [0.15, 0.2) is 24.3 Å². The second-order valence-corrected chi connectivity index (χ2v) is 10.4. The van der Waals surface area contributed by atoms with Crippen LogP contribution in [0.2, 0.25) is 0 Å². The number of nitrogen functional groups attached to an aromatic ring is 1. The summed E-state index contributed by atoms with van der Waals surface area (Å²) in [5, 5.41) is 11.1. The molecule has 0 bridgehead atoms. The summed E-state index contributed by atoms with van der Waals surface area (Å²) in [6, 6.07) is 5.27. The highest BCUT2D eigenvalue weighted by Crippen LogP contribution is 2.43. The van der Waals surface area contributed by atoms with Crippen molar-refractivity contribution in [3.63, 3.8) is 0 Å². The number of phenolic OH excluding ortho intramolecular Hbond substituents is 1. The number of methoxy groups -OCH3 is 1. The van der Waals surface area contributed by atoms with Gasteiger partial charge in [0.15, 0.2) is 5.82 Å². The molecule has 0 unspecified atom stereocenters. The molecule has 2 aromatic heterocycles. The number of benzene rings is 2. The van der Waals surface area contributed by atoms with Gasteiger partial charge in [-0.25, -0.2) is 13.8 Å². The Morgan fingerprint density at radius 1 is 1.23 bits per heavy atom. The van der Waals surface area contributed by atoms with E-state index in [1.807, 2.05) is 0 Å². The van der Waals surface area contributed by atoms with Crippen molar-refractivity contribution in [2.45, 2.75) is 31.7 Å². The van der Waals surface area contributed by atoms with Crippen LogP contribution < -0.4 is 15.2 Å². The molecule has 2 aliphatic rings. The summed E-state index contributed by atoms with van der Waals surface area (Å²) >= 11 is 0. The van der Waals surface area contributed by atoms with Gasteiger partial charge in [-0.3, -0.25) is 4.90 Å². The van der Waals surface area contributed by atoms with Crippen molar-refractivity contribution in [1.82, 2.24) is 19.9 Å². The second-order valence-electron chi connectivity index (χ2n) is 10.4. The quantitative estimate of drug-likeness (QED) is 0.359. The topological polar surface area (TPSA) is 107 Å². The van der Waals surface area contributed by atoms with Gasteiger partial charge in [0, 0.05) is 17.5 Å². The third kappa shape index (κ3) is 3.96. The number of phenols is 1. The normalized spacial score (nSPS) is 20.8. The summed E-state index contributed by atoms with van der Waals surface area (Å²) in [6.07, 6.45) is 8.71. The minimum atomic E-state index is -0.862. The Morgan fingerprint density at radius 2 is 2.05 bits per heavy atom. The maximum absolute atomic E-state index is 16.3. The van der Waals surface area contributed by atoms with E-state index in [0.29, 0.717) is 17.9 Å². The number of terminal acetylenes is 1. The van der Waals surface area contributed by atoms with Crippen LogP contribution in [0.3, 0.4) is 0 Å². The van der Waals surface area contributed by atoms with Crippen LogP contribution >= 0.6 is 0 Å². The molecule has 4 heterocycles. The largest absolute Gasteiger partial charge is 0.508 e. The van der Waals surface area contributed by atoms with E-state index in [2.05, 4.69) is 32.7 Å². The van der Waals surface area contributed by atoms with Gasteiger partial charge < -0.3 is 20.3 Å². The summed E-state index contributed by atoms with van der Waals surface area (Å²) in [4.78, 5) is 15.4. The number of aromatic nitrogens is 3. The predicted molar refractivity (Wildman–Crippen MR) is 144 cm³/mol. The van der Waals surface area contributed by atoms with E-state index < -0.39 is 11.6 Å². The lowest BCUT2D eigenvalue weighted by Crippen LogP contribution is -2.43. The Morgan fingerprint density at radius 3 is 2.82 bits per heavy atom. The van der Waals surface area contributed by atoms with E-state index in [-0.39, 0.29) is 62.1 Å². The van der Waals surface area contributed by atoms with Crippen molar-refractivity contribution >= 4 is 27.5 Å². The lowest BCUT2D eigenvalue weighted by Gasteiger charge is -2.31. The van der Waals surface area contributed by atoms with Gasteiger partial charge >= 0.3 is 6.01 Å². The number of fused-ring (bicyclic) bond motifs is 3. The number of nitrogens with zero attached hydrogens (tertiary/aromatic N) is 4. The van der Waals surface area contributed by atoms with E-state index in [1.165, 1.54) is 31.4 Å². The zero-order valence-corrected chi connectivity index (χ0v) is 21.6. The van der Waals surface area contributed by atoms with Crippen molar-refractivity contribution in [3.05, 3.63) is 41.5 Å². The summed E-state index contributed by atoms with van der Waals surface area (Å²) in [5.41, 5.74) is 5.73. The first-order valence-electron chi connectivity index (χ1n) is 12.8. The van der Waals surface area contributed by atoms with Gasteiger partial charge in [0.2, 0.25) is 5.88 Å². The molecule has 0 aliphatic carbocycles. The first-order chi connectivity index (χ1) is 18.7. The first-order valence-corrected chi connectivity index (χ1v) is 12.8. The molecule has 200 valence electrons. The molecular weight excluding hydrogens is 504 g/mol. The molecular formula is C29H27F2N5O3. The van der Waals surface area contributed by atoms with Gasteiger partial charge in [-0.15, -0.1) is 6.42 Å². The van der Waals surface area contributed by atoms with Crippen LogP contribution in [0.25, 0.3) is 32.9 Å². The lowest BCUT2D eigenvalue weighted by atomic mass is 9.92. The van der Waals surface area contributed by atoms with Crippen LogP contribution in [-0.2, 0) is 0 Å². The Bertz CT molecular complexity index is 1690. The number of rotatable bonds is 5. The fourth-order valence-corrected chi connectivity index (χ4v) is 6.31. The number of nitrogens with two attached hydrogens (primary N) is 1. The first kappa shape index (κ1) is 25.1. The zero-order chi connectivity index (χ0) is 27.5. The molecule has 2 fully saturated rings. The van der Waals surface area contributed by atoms with Crippen molar-refractivity contribution in [1.29, 1.82) is 0 Å². The number of hydrogen-bond acceptors (Lipinski definition) is 8. The number of halogens is 2. The van der Waals surface area contributed by atoms with Crippen LogP contribution in [0, 0.1) is 29.9 Å². The van der Waals surface area contributed by atoms with E-state index in [4.69, 9.17) is 21.6 Å². The van der Waals surface area contributed by atoms with Crippen LogP contribution in [0.5, 0.6) is 17.6 Å². The van der Waals surface area contributed by atoms with Crippen molar-refractivity contribution in [2.24, 2.45) is 5.92 Å². The second kappa shape index (κ2) is 9.20. The predicted octanol–water partition coefficient (Wildman–Crippen LogP) is 4.65. The van der Waals surface area contributed by atoms with E-state index in [9.17, 15) is 9.50 Å². The highest BCUT2D eigenvalue weighted by Gasteiger charge is 2.47. The molecule has 2 atom stereocenters. The number of ether oxygens (including phenoxy) is 2. The number of pyridine rings is 1. The molecule has 2 saturated heterocycles. The Balaban J connectivity index is 1.51. The number of hydrogen-bond donors (Lipinski definition) is 2. The molecule has 0 amide bonds. The summed E-state index contributed by atoms with van der Waals surface area (Å²) in [5.74, 6) is 1.10. The third-order valence-corrected chi connectivity index (χ3v) is 7.88. The maximum atomic E-state index is 16.3. The Hall–Kier alpha value is -4.23. The van der Waals surface area contributed by atoms with Gasteiger partial charge in [-0.1, -0.05) is 18.9 Å². The average Bonchev–Trinajstić information content (AvgIpc) is 3.43. The molecule has 4 aromatic rings. The molecule has 6 rings (SSSR count). The van der Waals surface area contributed by atoms with Gasteiger partial charge in [0.05, 0.1) is 18.2 Å². The van der Waals surface area contributed by atoms with Crippen molar-refractivity contribution in [2.75, 3.05) is 32.5 Å². The molecule has 0 spiro atoms. The zero-order valence-electron chi connectivity index (χ0n) is 21.6. The maximum Gasteiger partial charge on any atom is 0.319 e. The number of anilines is 1. The molecule has 39 heavy (non-hydrogen) atoms. The molecule has 2 aromatic carbocycles. The third-order valence-electron chi connectivity index (χ3n) is 7.88. The van der Waals surface area contributed by atoms with E-state index in [0.717, 1.165) is 32.4 Å². The van der Waals surface area contributed by atoms with E-state index >= 15 is 4.39 Å².